The van der Waals surface area contributed by atoms with Crippen molar-refractivity contribution in [3.8, 4) is 73.2 Å². The number of fused-ring (bicyclic) bond motifs is 6. The third-order valence-corrected chi connectivity index (χ3v) is 11.9. The number of hydrogen-bond donors (Lipinski definition) is 0. The molecule has 0 unspecified atom stereocenters. The topological polar surface area (TPSA) is 56.7 Å². The SMILES string of the molecule is c1ccc(-c2ccc(-c3nc(-c4ccc(-c5ccccc5)cc4)nc(-c4cccc5oc6cccc(-c7ccccc7-n7c8ccccc8c8ccccc87)c6c45)n3)cc2)cc1. The average Bonchev–Trinajstić information content (AvgIpc) is 3.91. The van der Waals surface area contributed by atoms with Crippen molar-refractivity contribution < 1.29 is 4.42 Å². The summed E-state index contributed by atoms with van der Waals surface area (Å²) in [6.45, 7) is 0. The molecular weight excluding hydrogens is 757 g/mol. The molecular formula is C57H36N4O. The van der Waals surface area contributed by atoms with Crippen LogP contribution < -0.4 is 0 Å². The number of para-hydroxylation sites is 3. The first kappa shape index (κ1) is 35.5. The van der Waals surface area contributed by atoms with E-state index in [4.69, 9.17) is 19.4 Å². The van der Waals surface area contributed by atoms with Gasteiger partial charge in [-0.15, -0.1) is 0 Å². The Morgan fingerprint density at radius 3 is 1.26 bits per heavy atom. The van der Waals surface area contributed by atoms with E-state index in [0.717, 1.165) is 88.7 Å². The van der Waals surface area contributed by atoms with E-state index in [9.17, 15) is 0 Å². The first-order chi connectivity index (χ1) is 30.7. The van der Waals surface area contributed by atoms with Crippen LogP contribution in [0.2, 0.25) is 0 Å². The maximum absolute atomic E-state index is 6.71. The van der Waals surface area contributed by atoms with E-state index in [1.54, 1.807) is 0 Å². The minimum absolute atomic E-state index is 0.572. The molecule has 12 rings (SSSR count). The highest BCUT2D eigenvalue weighted by Crippen LogP contribution is 2.44. The molecule has 0 N–H and O–H groups in total. The zero-order valence-corrected chi connectivity index (χ0v) is 33.5. The molecule has 0 fully saturated rings. The van der Waals surface area contributed by atoms with E-state index in [0.29, 0.717) is 17.5 Å². The maximum Gasteiger partial charge on any atom is 0.164 e. The molecule has 0 radical (unpaired) electrons. The van der Waals surface area contributed by atoms with E-state index in [-0.39, 0.29) is 0 Å². The summed E-state index contributed by atoms with van der Waals surface area (Å²) in [5.74, 6) is 1.76. The van der Waals surface area contributed by atoms with Gasteiger partial charge in [0.05, 0.1) is 16.7 Å². The number of benzene rings is 9. The van der Waals surface area contributed by atoms with Crippen LogP contribution in [0.1, 0.15) is 0 Å². The number of rotatable bonds is 7. The smallest absolute Gasteiger partial charge is 0.164 e. The second-order valence-corrected chi connectivity index (χ2v) is 15.5. The second-order valence-electron chi connectivity index (χ2n) is 15.5. The average molecular weight is 793 g/mol. The van der Waals surface area contributed by atoms with Crippen LogP contribution in [0.4, 0.5) is 0 Å². The normalized spacial score (nSPS) is 11.5. The van der Waals surface area contributed by atoms with Gasteiger partial charge in [-0.1, -0.05) is 188 Å². The van der Waals surface area contributed by atoms with Gasteiger partial charge < -0.3 is 8.98 Å². The van der Waals surface area contributed by atoms with E-state index in [2.05, 4.69) is 199 Å². The summed E-state index contributed by atoms with van der Waals surface area (Å²) in [5.41, 5.74) is 14.4. The molecule has 3 heterocycles. The number of aromatic nitrogens is 4. The van der Waals surface area contributed by atoms with Crippen molar-refractivity contribution in [1.82, 2.24) is 19.5 Å². The third-order valence-electron chi connectivity index (χ3n) is 11.9. The van der Waals surface area contributed by atoms with E-state index < -0.39 is 0 Å². The summed E-state index contributed by atoms with van der Waals surface area (Å²) in [7, 11) is 0. The molecule has 62 heavy (non-hydrogen) atoms. The summed E-state index contributed by atoms with van der Waals surface area (Å²) in [6, 6.07) is 76.2. The van der Waals surface area contributed by atoms with Gasteiger partial charge in [0.1, 0.15) is 11.2 Å². The Morgan fingerprint density at radius 2 is 0.694 bits per heavy atom. The maximum atomic E-state index is 6.71. The summed E-state index contributed by atoms with van der Waals surface area (Å²) in [4.78, 5) is 15.7. The van der Waals surface area contributed by atoms with Crippen LogP contribution in [-0.2, 0) is 0 Å². The molecule has 0 aliphatic heterocycles. The first-order valence-electron chi connectivity index (χ1n) is 20.9. The summed E-state index contributed by atoms with van der Waals surface area (Å²) < 4.78 is 9.10. The zero-order chi connectivity index (χ0) is 41.0. The Balaban J connectivity index is 1.06. The van der Waals surface area contributed by atoms with Gasteiger partial charge in [0.2, 0.25) is 0 Å². The number of furan rings is 1. The van der Waals surface area contributed by atoms with Gasteiger partial charge >= 0.3 is 0 Å². The van der Waals surface area contributed by atoms with Crippen LogP contribution in [0.25, 0.3) is 117 Å². The van der Waals surface area contributed by atoms with E-state index >= 15 is 0 Å². The fourth-order valence-electron chi connectivity index (χ4n) is 9.00. The predicted octanol–water partition coefficient (Wildman–Crippen LogP) is 14.9. The zero-order valence-electron chi connectivity index (χ0n) is 33.5. The predicted molar refractivity (Wildman–Crippen MR) is 254 cm³/mol. The van der Waals surface area contributed by atoms with Gasteiger partial charge in [-0.25, -0.2) is 15.0 Å². The fraction of sp³-hybridized carbons (Fsp3) is 0. The van der Waals surface area contributed by atoms with Crippen LogP contribution in [-0.4, -0.2) is 19.5 Å². The molecule has 0 atom stereocenters. The lowest BCUT2D eigenvalue weighted by Crippen LogP contribution is -2.00. The monoisotopic (exact) mass is 792 g/mol. The number of nitrogens with zero attached hydrogens (tertiary/aromatic N) is 4. The van der Waals surface area contributed by atoms with E-state index in [1.807, 2.05) is 24.3 Å². The van der Waals surface area contributed by atoms with Crippen molar-refractivity contribution in [1.29, 1.82) is 0 Å². The van der Waals surface area contributed by atoms with Crippen LogP contribution in [0, 0.1) is 0 Å². The number of hydrogen-bond acceptors (Lipinski definition) is 4. The fourth-order valence-corrected chi connectivity index (χ4v) is 9.00. The van der Waals surface area contributed by atoms with Crippen molar-refractivity contribution in [2.24, 2.45) is 0 Å². The van der Waals surface area contributed by atoms with E-state index in [1.165, 1.54) is 10.8 Å². The molecule has 5 nitrogen and oxygen atoms in total. The molecule has 3 aromatic heterocycles. The van der Waals surface area contributed by atoms with Crippen molar-refractivity contribution >= 4 is 43.7 Å². The summed E-state index contributed by atoms with van der Waals surface area (Å²) in [5, 5.41) is 4.40. The molecule has 0 aliphatic carbocycles. The summed E-state index contributed by atoms with van der Waals surface area (Å²) >= 11 is 0. The largest absolute Gasteiger partial charge is 0.456 e. The Bertz CT molecular complexity index is 3450. The third kappa shape index (κ3) is 5.98. The lowest BCUT2D eigenvalue weighted by atomic mass is 9.95. The van der Waals surface area contributed by atoms with Crippen molar-refractivity contribution in [3.05, 3.63) is 218 Å². The van der Waals surface area contributed by atoms with Gasteiger partial charge in [-0.05, 0) is 58.1 Å². The minimum atomic E-state index is 0.572. The van der Waals surface area contributed by atoms with Crippen LogP contribution in [0.5, 0.6) is 0 Å². The molecule has 5 heteroatoms. The summed E-state index contributed by atoms with van der Waals surface area (Å²) in [6.07, 6.45) is 0. The molecule has 290 valence electrons. The standard InChI is InChI=1S/C57H36N4O/c1-3-15-37(16-4-1)39-29-33-41(34-30-39)55-58-56(42-35-31-40(32-36-42)38-17-5-2-6-18-38)60-57(59-55)47-23-14-28-52-54(47)53-46(22-13-27-51(53)62-52)45-21-9-12-26-50(45)61-48-24-10-7-19-43(48)44-20-8-11-25-49(44)61/h1-36H. The van der Waals surface area contributed by atoms with Crippen molar-refractivity contribution in [2.75, 3.05) is 0 Å². The molecule has 12 aromatic rings. The Labute approximate surface area is 357 Å². The van der Waals surface area contributed by atoms with Gasteiger partial charge in [-0.3, -0.25) is 0 Å². The van der Waals surface area contributed by atoms with Gasteiger partial charge in [-0.2, -0.15) is 0 Å². The molecule has 0 saturated heterocycles. The molecule has 9 aromatic carbocycles. The lowest BCUT2D eigenvalue weighted by molar-refractivity contribution is 0.669. The highest BCUT2D eigenvalue weighted by atomic mass is 16.3. The van der Waals surface area contributed by atoms with Crippen molar-refractivity contribution in [2.45, 2.75) is 0 Å². The second kappa shape index (κ2) is 14.7. The highest BCUT2D eigenvalue weighted by Gasteiger charge is 2.22. The highest BCUT2D eigenvalue weighted by molar-refractivity contribution is 6.18. The molecule has 0 aliphatic rings. The van der Waals surface area contributed by atoms with Gasteiger partial charge in [0, 0.05) is 43.8 Å². The van der Waals surface area contributed by atoms with Gasteiger partial charge in [0.25, 0.3) is 0 Å². The molecule has 0 saturated carbocycles. The van der Waals surface area contributed by atoms with Crippen LogP contribution in [0.3, 0.4) is 0 Å². The first-order valence-corrected chi connectivity index (χ1v) is 20.9. The van der Waals surface area contributed by atoms with Crippen LogP contribution in [0.15, 0.2) is 223 Å². The molecule has 0 spiro atoms. The minimum Gasteiger partial charge on any atom is -0.456 e. The Hall–Kier alpha value is -8.41. The lowest BCUT2D eigenvalue weighted by Gasteiger charge is -2.15. The molecule has 0 amide bonds. The Morgan fingerprint density at radius 1 is 0.290 bits per heavy atom. The molecule has 0 bridgehead atoms. The Kier molecular flexibility index (Phi) is 8.42. The van der Waals surface area contributed by atoms with Gasteiger partial charge in [0.15, 0.2) is 17.5 Å². The van der Waals surface area contributed by atoms with Crippen LogP contribution >= 0.6 is 0 Å². The van der Waals surface area contributed by atoms with Crippen molar-refractivity contribution in [3.63, 3.8) is 0 Å². The quantitative estimate of drug-likeness (QED) is 0.161.